The summed E-state index contributed by atoms with van der Waals surface area (Å²) < 4.78 is 30.1. The van der Waals surface area contributed by atoms with Crippen LogP contribution in [0.1, 0.15) is 32.6 Å². The molecule has 0 heterocycles. The van der Waals surface area contributed by atoms with Crippen LogP contribution in [-0.2, 0) is 19.6 Å². The van der Waals surface area contributed by atoms with Crippen molar-refractivity contribution in [2.45, 2.75) is 44.8 Å². The molecule has 17 heavy (non-hydrogen) atoms. The molecule has 0 amide bonds. The molecule has 2 atom stereocenters. The number of carbonyl (C=O) groups excluding carboxylic acids is 1. The summed E-state index contributed by atoms with van der Waals surface area (Å²) in [6, 6.07) is -0.483. The van der Waals surface area contributed by atoms with Crippen molar-refractivity contribution in [2.75, 3.05) is 12.4 Å². The molecule has 6 nitrogen and oxygen atoms in total. The zero-order valence-corrected chi connectivity index (χ0v) is 10.7. The van der Waals surface area contributed by atoms with E-state index in [0.29, 0.717) is 12.8 Å². The second-order valence-corrected chi connectivity index (χ2v) is 5.89. The molecule has 0 bridgehead atoms. The summed E-state index contributed by atoms with van der Waals surface area (Å²) in [5.74, 6) is -1.46. The zero-order valence-electron chi connectivity index (χ0n) is 9.89. The Kier molecular flexibility index (Phi) is 5.35. The largest absolute Gasteiger partial charge is 0.465 e. The number of ether oxygens (including phenoxy) is 1. The fraction of sp³-hybridized carbons (Fsp3) is 0.900. The highest BCUT2D eigenvalue weighted by atomic mass is 32.2. The Morgan fingerprint density at radius 3 is 2.65 bits per heavy atom. The van der Waals surface area contributed by atoms with Crippen molar-refractivity contribution in [3.63, 3.8) is 0 Å². The van der Waals surface area contributed by atoms with Gasteiger partial charge in [-0.15, -0.1) is 0 Å². The summed E-state index contributed by atoms with van der Waals surface area (Å²) in [5.41, 5.74) is 0. The molecule has 7 heteroatoms. The second kappa shape index (κ2) is 6.32. The highest BCUT2D eigenvalue weighted by Gasteiger charge is 2.28. The van der Waals surface area contributed by atoms with Crippen LogP contribution in [0.2, 0.25) is 0 Å². The van der Waals surface area contributed by atoms with Gasteiger partial charge in [-0.3, -0.25) is 4.79 Å². The first kappa shape index (κ1) is 14.4. The van der Waals surface area contributed by atoms with E-state index >= 15 is 0 Å². The molecule has 0 radical (unpaired) electrons. The maximum absolute atomic E-state index is 11.6. The van der Waals surface area contributed by atoms with Gasteiger partial charge in [0.1, 0.15) is 0 Å². The minimum atomic E-state index is -3.72. The van der Waals surface area contributed by atoms with Gasteiger partial charge in [0.25, 0.3) is 0 Å². The maximum atomic E-state index is 11.6. The molecule has 1 aliphatic rings. The number of sulfonamides is 1. The van der Waals surface area contributed by atoms with Crippen molar-refractivity contribution in [1.29, 1.82) is 0 Å². The second-order valence-electron chi connectivity index (χ2n) is 4.14. The minimum absolute atomic E-state index is 0.153. The predicted octanol–water partition coefficient (Wildman–Crippen LogP) is -0.228. The van der Waals surface area contributed by atoms with E-state index < -0.39 is 33.9 Å². The van der Waals surface area contributed by atoms with Crippen LogP contribution in [0.3, 0.4) is 0 Å². The van der Waals surface area contributed by atoms with Crippen LogP contribution in [0.4, 0.5) is 0 Å². The van der Waals surface area contributed by atoms with Crippen LogP contribution in [0, 0.1) is 0 Å². The number of carbonyl (C=O) groups is 1. The summed E-state index contributed by atoms with van der Waals surface area (Å²) in [7, 11) is -3.72. The molecule has 1 aliphatic carbocycles. The van der Waals surface area contributed by atoms with E-state index in [9.17, 15) is 18.3 Å². The van der Waals surface area contributed by atoms with Crippen molar-refractivity contribution >= 4 is 16.0 Å². The molecule has 2 unspecified atom stereocenters. The lowest BCUT2D eigenvalue weighted by molar-refractivity contribution is -0.139. The molecule has 0 aliphatic heterocycles. The van der Waals surface area contributed by atoms with Crippen LogP contribution in [0.15, 0.2) is 0 Å². The SMILES string of the molecule is CCOC(=O)CS(=O)(=O)NC1CCCCC1O. The molecule has 0 saturated heterocycles. The first-order valence-corrected chi connectivity index (χ1v) is 7.43. The van der Waals surface area contributed by atoms with Gasteiger partial charge in [-0.05, 0) is 19.8 Å². The van der Waals surface area contributed by atoms with E-state index in [-0.39, 0.29) is 6.61 Å². The van der Waals surface area contributed by atoms with E-state index in [0.717, 1.165) is 12.8 Å². The fourth-order valence-corrected chi connectivity index (χ4v) is 3.09. The van der Waals surface area contributed by atoms with Gasteiger partial charge in [-0.2, -0.15) is 0 Å². The minimum Gasteiger partial charge on any atom is -0.465 e. The number of hydrogen-bond acceptors (Lipinski definition) is 5. The average Bonchev–Trinajstić information content (AvgIpc) is 2.20. The Hall–Kier alpha value is -0.660. The van der Waals surface area contributed by atoms with E-state index in [1.54, 1.807) is 6.92 Å². The topological polar surface area (TPSA) is 92.7 Å². The van der Waals surface area contributed by atoms with Gasteiger partial charge >= 0.3 is 5.97 Å². The van der Waals surface area contributed by atoms with Crippen molar-refractivity contribution in [3.05, 3.63) is 0 Å². The van der Waals surface area contributed by atoms with Gasteiger partial charge in [0.2, 0.25) is 10.0 Å². The number of aliphatic hydroxyl groups excluding tert-OH is 1. The highest BCUT2D eigenvalue weighted by molar-refractivity contribution is 7.90. The highest BCUT2D eigenvalue weighted by Crippen LogP contribution is 2.18. The summed E-state index contributed by atoms with van der Waals surface area (Å²) in [6.45, 7) is 1.77. The molecule has 0 aromatic rings. The Labute approximate surface area is 101 Å². The van der Waals surface area contributed by atoms with Crippen molar-refractivity contribution < 1.29 is 23.1 Å². The quantitative estimate of drug-likeness (QED) is 0.670. The monoisotopic (exact) mass is 265 g/mol. The van der Waals surface area contributed by atoms with E-state index in [1.165, 1.54) is 0 Å². The zero-order chi connectivity index (χ0) is 12.9. The first-order valence-electron chi connectivity index (χ1n) is 5.78. The van der Waals surface area contributed by atoms with Gasteiger partial charge in [0.15, 0.2) is 5.75 Å². The van der Waals surface area contributed by atoms with Crippen molar-refractivity contribution in [2.24, 2.45) is 0 Å². The Balaban J connectivity index is 2.50. The van der Waals surface area contributed by atoms with Gasteiger partial charge in [0, 0.05) is 6.04 Å². The predicted molar refractivity (Wildman–Crippen MR) is 61.8 cm³/mol. The first-order chi connectivity index (χ1) is 7.94. The number of esters is 1. The molecular weight excluding hydrogens is 246 g/mol. The van der Waals surface area contributed by atoms with Crippen LogP contribution in [0.25, 0.3) is 0 Å². The van der Waals surface area contributed by atoms with Crippen molar-refractivity contribution in [3.8, 4) is 0 Å². The van der Waals surface area contributed by atoms with Gasteiger partial charge in [-0.1, -0.05) is 12.8 Å². The van der Waals surface area contributed by atoms with Gasteiger partial charge < -0.3 is 9.84 Å². The third-order valence-corrected chi connectivity index (χ3v) is 3.95. The summed E-state index contributed by atoms with van der Waals surface area (Å²) in [5, 5.41) is 9.63. The van der Waals surface area contributed by atoms with Gasteiger partial charge in [-0.25, -0.2) is 13.1 Å². The van der Waals surface area contributed by atoms with Crippen LogP contribution in [0.5, 0.6) is 0 Å². The summed E-state index contributed by atoms with van der Waals surface area (Å²) >= 11 is 0. The van der Waals surface area contributed by atoms with E-state index in [4.69, 9.17) is 0 Å². The van der Waals surface area contributed by atoms with E-state index in [2.05, 4.69) is 9.46 Å². The molecule has 100 valence electrons. The molecule has 0 aromatic carbocycles. The number of aliphatic hydroxyl groups is 1. The Morgan fingerprint density at radius 2 is 2.06 bits per heavy atom. The molecular formula is C10H19NO5S. The van der Waals surface area contributed by atoms with Crippen LogP contribution >= 0.6 is 0 Å². The molecule has 0 aromatic heterocycles. The lowest BCUT2D eigenvalue weighted by atomic mass is 9.93. The van der Waals surface area contributed by atoms with Crippen LogP contribution < -0.4 is 4.72 Å². The third-order valence-electron chi connectivity index (χ3n) is 2.67. The third kappa shape index (κ3) is 5.01. The normalized spacial score (nSPS) is 25.5. The Bertz CT molecular complexity index is 354. The molecule has 1 rings (SSSR count). The number of nitrogens with one attached hydrogen (secondary N) is 1. The molecule has 1 fully saturated rings. The summed E-state index contributed by atoms with van der Waals surface area (Å²) in [4.78, 5) is 11.1. The lowest BCUT2D eigenvalue weighted by Crippen LogP contribution is -2.46. The maximum Gasteiger partial charge on any atom is 0.322 e. The number of hydrogen-bond donors (Lipinski definition) is 2. The Morgan fingerprint density at radius 1 is 1.41 bits per heavy atom. The smallest absolute Gasteiger partial charge is 0.322 e. The molecule has 0 spiro atoms. The summed E-state index contributed by atoms with van der Waals surface area (Å²) in [6.07, 6.45) is 2.30. The van der Waals surface area contributed by atoms with E-state index in [1.807, 2.05) is 0 Å². The number of rotatable bonds is 5. The average molecular weight is 265 g/mol. The van der Waals surface area contributed by atoms with Crippen molar-refractivity contribution in [1.82, 2.24) is 4.72 Å². The molecule has 1 saturated carbocycles. The van der Waals surface area contributed by atoms with Crippen LogP contribution in [-0.4, -0.2) is 44.0 Å². The van der Waals surface area contributed by atoms with Gasteiger partial charge in [0.05, 0.1) is 12.7 Å². The lowest BCUT2D eigenvalue weighted by Gasteiger charge is -2.27. The standard InChI is InChI=1S/C10H19NO5S/c1-2-16-10(13)7-17(14,15)11-8-5-3-4-6-9(8)12/h8-9,11-12H,2-7H2,1H3. The molecule has 2 N–H and O–H groups in total. The fourth-order valence-electron chi connectivity index (χ4n) is 1.88.